The molecular formula is C25H34ClN3O5S. The molecular weight excluding hydrogens is 490 g/mol. The topological polar surface area (TPSA) is 96.0 Å². The maximum Gasteiger partial charge on any atom is 0.244 e. The van der Waals surface area contributed by atoms with Crippen LogP contribution in [0.4, 0.5) is 5.69 Å². The minimum Gasteiger partial charge on any atom is -0.495 e. The zero-order chi connectivity index (χ0) is 26.2. The number of halogens is 1. The Bertz CT molecular complexity index is 1120. The molecule has 0 aliphatic heterocycles. The Balaban J connectivity index is 2.43. The van der Waals surface area contributed by atoms with Crippen LogP contribution in [0.3, 0.4) is 0 Å². The largest absolute Gasteiger partial charge is 0.495 e. The lowest BCUT2D eigenvalue weighted by atomic mass is 10.1. The number of rotatable bonds is 12. The Morgan fingerprint density at radius 1 is 1.11 bits per heavy atom. The van der Waals surface area contributed by atoms with Gasteiger partial charge >= 0.3 is 0 Å². The van der Waals surface area contributed by atoms with Crippen molar-refractivity contribution in [2.24, 2.45) is 0 Å². The molecule has 2 aromatic carbocycles. The quantitative estimate of drug-likeness (QED) is 0.457. The van der Waals surface area contributed by atoms with Crippen LogP contribution < -0.4 is 14.4 Å². The molecule has 1 unspecified atom stereocenters. The molecule has 0 saturated carbocycles. The van der Waals surface area contributed by atoms with Gasteiger partial charge in [0.05, 0.1) is 24.1 Å². The number of anilines is 1. The van der Waals surface area contributed by atoms with Crippen LogP contribution in [0.1, 0.15) is 37.8 Å². The summed E-state index contributed by atoms with van der Waals surface area (Å²) in [4.78, 5) is 28.0. The number of aryl methyl sites for hydroxylation is 1. The average molecular weight is 524 g/mol. The van der Waals surface area contributed by atoms with E-state index in [9.17, 15) is 18.0 Å². The molecule has 0 radical (unpaired) electrons. The lowest BCUT2D eigenvalue weighted by Gasteiger charge is -2.33. The summed E-state index contributed by atoms with van der Waals surface area (Å²) >= 11 is 6.21. The van der Waals surface area contributed by atoms with Crippen molar-refractivity contribution in [3.05, 3.63) is 58.6 Å². The van der Waals surface area contributed by atoms with Gasteiger partial charge in [0.15, 0.2) is 0 Å². The first-order valence-electron chi connectivity index (χ1n) is 11.5. The molecule has 0 fully saturated rings. The van der Waals surface area contributed by atoms with Gasteiger partial charge < -0.3 is 15.0 Å². The lowest BCUT2D eigenvalue weighted by molar-refractivity contribution is -0.140. The molecule has 2 rings (SSSR count). The van der Waals surface area contributed by atoms with Crippen LogP contribution in [0.5, 0.6) is 5.75 Å². The third-order valence-corrected chi connectivity index (χ3v) is 6.95. The summed E-state index contributed by atoms with van der Waals surface area (Å²) in [6.45, 7) is 5.90. The SMILES string of the molecule is CCCNC(=O)C(CC)N(Cc1ccc(C)cc1)C(=O)CN(c1ccc(OC)c(Cl)c1)S(C)(=O)=O. The van der Waals surface area contributed by atoms with Gasteiger partial charge in [0.1, 0.15) is 18.3 Å². The van der Waals surface area contributed by atoms with Crippen LogP contribution in [0.15, 0.2) is 42.5 Å². The Labute approximate surface area is 213 Å². The predicted octanol–water partition coefficient (Wildman–Crippen LogP) is 3.76. The van der Waals surface area contributed by atoms with E-state index in [2.05, 4.69) is 5.32 Å². The van der Waals surface area contributed by atoms with E-state index in [-0.39, 0.29) is 23.2 Å². The lowest BCUT2D eigenvalue weighted by Crippen LogP contribution is -2.52. The highest BCUT2D eigenvalue weighted by Crippen LogP contribution is 2.30. The van der Waals surface area contributed by atoms with Crippen molar-refractivity contribution < 1.29 is 22.7 Å². The first-order valence-corrected chi connectivity index (χ1v) is 13.7. The van der Waals surface area contributed by atoms with Gasteiger partial charge in [-0.05, 0) is 43.5 Å². The summed E-state index contributed by atoms with van der Waals surface area (Å²) in [7, 11) is -2.39. The van der Waals surface area contributed by atoms with E-state index in [1.807, 2.05) is 45.0 Å². The van der Waals surface area contributed by atoms with E-state index in [1.54, 1.807) is 0 Å². The number of carbonyl (C=O) groups excluding carboxylic acids is 2. The van der Waals surface area contributed by atoms with Crippen LogP contribution in [0, 0.1) is 6.92 Å². The van der Waals surface area contributed by atoms with Gasteiger partial charge in [-0.1, -0.05) is 55.3 Å². The van der Waals surface area contributed by atoms with Gasteiger partial charge in [-0.15, -0.1) is 0 Å². The molecule has 2 amide bonds. The van der Waals surface area contributed by atoms with Crippen molar-refractivity contribution >= 4 is 39.1 Å². The van der Waals surface area contributed by atoms with Crippen molar-refractivity contribution in [1.29, 1.82) is 0 Å². The number of carbonyl (C=O) groups is 2. The van der Waals surface area contributed by atoms with Crippen molar-refractivity contribution in [2.75, 3.05) is 30.8 Å². The Kier molecular flexibility index (Phi) is 10.4. The molecule has 2 aromatic rings. The zero-order valence-electron chi connectivity index (χ0n) is 20.9. The normalized spacial score (nSPS) is 12.1. The third-order valence-electron chi connectivity index (χ3n) is 5.51. The highest BCUT2D eigenvalue weighted by atomic mass is 35.5. The number of hydrogen-bond acceptors (Lipinski definition) is 5. The minimum absolute atomic E-state index is 0.165. The number of hydrogen-bond donors (Lipinski definition) is 1. The molecule has 35 heavy (non-hydrogen) atoms. The Hall–Kier alpha value is -2.78. The Morgan fingerprint density at radius 2 is 1.77 bits per heavy atom. The van der Waals surface area contributed by atoms with E-state index >= 15 is 0 Å². The fourth-order valence-electron chi connectivity index (χ4n) is 3.60. The van der Waals surface area contributed by atoms with Gasteiger partial charge in [0.2, 0.25) is 21.8 Å². The van der Waals surface area contributed by atoms with Crippen LogP contribution in [0.25, 0.3) is 0 Å². The average Bonchev–Trinajstić information content (AvgIpc) is 2.81. The monoisotopic (exact) mass is 523 g/mol. The molecule has 0 heterocycles. The van der Waals surface area contributed by atoms with Crippen LogP contribution in [-0.2, 0) is 26.2 Å². The molecule has 0 bridgehead atoms. The van der Waals surface area contributed by atoms with E-state index in [0.717, 1.165) is 28.1 Å². The van der Waals surface area contributed by atoms with Crippen LogP contribution in [-0.4, -0.2) is 57.6 Å². The molecule has 0 spiro atoms. The predicted molar refractivity (Wildman–Crippen MR) is 139 cm³/mol. The third kappa shape index (κ3) is 7.86. The first kappa shape index (κ1) is 28.5. The first-order chi connectivity index (χ1) is 16.5. The second kappa shape index (κ2) is 12.8. The van der Waals surface area contributed by atoms with Crippen molar-refractivity contribution in [2.45, 2.75) is 46.2 Å². The number of benzene rings is 2. The molecule has 10 heteroatoms. The molecule has 0 aliphatic rings. The van der Waals surface area contributed by atoms with E-state index < -0.39 is 28.5 Å². The smallest absolute Gasteiger partial charge is 0.244 e. The molecule has 0 aromatic heterocycles. The molecule has 1 N–H and O–H groups in total. The van der Waals surface area contributed by atoms with Gasteiger partial charge in [-0.2, -0.15) is 0 Å². The van der Waals surface area contributed by atoms with Gasteiger partial charge in [-0.3, -0.25) is 13.9 Å². The highest BCUT2D eigenvalue weighted by Gasteiger charge is 2.31. The Morgan fingerprint density at radius 3 is 2.29 bits per heavy atom. The second-order valence-corrected chi connectivity index (χ2v) is 10.6. The molecule has 0 aliphatic carbocycles. The van der Waals surface area contributed by atoms with Crippen molar-refractivity contribution in [3.63, 3.8) is 0 Å². The van der Waals surface area contributed by atoms with Gasteiger partial charge in [0, 0.05) is 13.1 Å². The summed E-state index contributed by atoms with van der Waals surface area (Å²) in [6.07, 6.45) is 2.16. The van der Waals surface area contributed by atoms with Crippen molar-refractivity contribution in [3.8, 4) is 5.75 Å². The number of sulfonamides is 1. The molecule has 0 saturated heterocycles. The van der Waals surface area contributed by atoms with E-state index in [1.165, 1.54) is 30.2 Å². The second-order valence-electron chi connectivity index (χ2n) is 8.31. The number of methoxy groups -OCH3 is 1. The maximum atomic E-state index is 13.6. The van der Waals surface area contributed by atoms with Crippen LogP contribution in [0.2, 0.25) is 5.02 Å². The summed E-state index contributed by atoms with van der Waals surface area (Å²) in [5.74, 6) is -0.385. The number of ether oxygens (including phenoxy) is 1. The fraction of sp³-hybridized carbons (Fsp3) is 0.440. The number of nitrogens with one attached hydrogen (secondary N) is 1. The molecule has 192 valence electrons. The molecule has 8 nitrogen and oxygen atoms in total. The summed E-state index contributed by atoms with van der Waals surface area (Å²) < 4.78 is 31.5. The zero-order valence-corrected chi connectivity index (χ0v) is 22.4. The maximum absolute atomic E-state index is 13.6. The van der Waals surface area contributed by atoms with Crippen LogP contribution >= 0.6 is 11.6 Å². The number of amides is 2. The standard InChI is InChI=1S/C25H34ClN3O5S/c1-6-14-27-25(31)22(7-2)28(16-19-10-8-18(3)9-11-19)24(30)17-29(35(5,32)33)20-12-13-23(34-4)21(26)15-20/h8-13,15,22H,6-7,14,16-17H2,1-5H3,(H,27,31). The van der Waals surface area contributed by atoms with Gasteiger partial charge in [0.25, 0.3) is 0 Å². The van der Waals surface area contributed by atoms with Crippen molar-refractivity contribution in [1.82, 2.24) is 10.2 Å². The van der Waals surface area contributed by atoms with E-state index in [4.69, 9.17) is 16.3 Å². The fourth-order valence-corrected chi connectivity index (χ4v) is 4.69. The van der Waals surface area contributed by atoms with Gasteiger partial charge in [-0.25, -0.2) is 8.42 Å². The number of nitrogens with zero attached hydrogens (tertiary/aromatic N) is 2. The minimum atomic E-state index is -3.84. The highest BCUT2D eigenvalue weighted by molar-refractivity contribution is 7.92. The summed E-state index contributed by atoms with van der Waals surface area (Å²) in [5, 5.41) is 3.07. The summed E-state index contributed by atoms with van der Waals surface area (Å²) in [6, 6.07) is 11.4. The van der Waals surface area contributed by atoms with E-state index in [0.29, 0.717) is 18.7 Å². The molecule has 1 atom stereocenters. The summed E-state index contributed by atoms with van der Waals surface area (Å²) in [5.41, 5.74) is 2.13.